The Labute approximate surface area is 247 Å². The molecule has 14 heteroatoms. The lowest BCUT2D eigenvalue weighted by atomic mass is 9.98. The normalized spacial score (nSPS) is 12.2. The number of ether oxygens (including phenoxy) is 1. The summed E-state index contributed by atoms with van der Waals surface area (Å²) in [6, 6.07) is 14.8. The molecule has 0 unspecified atom stereocenters. The van der Waals surface area contributed by atoms with Crippen molar-refractivity contribution in [2.45, 2.75) is 31.5 Å². The summed E-state index contributed by atoms with van der Waals surface area (Å²) in [7, 11) is -3.54. The first kappa shape index (κ1) is 30.2. The minimum absolute atomic E-state index is 0.00715. The molecule has 0 aliphatic heterocycles. The zero-order valence-electron chi connectivity index (χ0n) is 22.6. The Morgan fingerprint density at radius 1 is 0.953 bits per heavy atom. The fraction of sp³-hybridized carbons (Fsp3) is 0.172. The molecule has 0 fully saturated rings. The highest BCUT2D eigenvalue weighted by Crippen LogP contribution is 2.42. The maximum atomic E-state index is 13.6. The molecule has 5 rings (SSSR count). The van der Waals surface area contributed by atoms with Gasteiger partial charge >= 0.3 is 12.8 Å². The molecule has 2 aromatic heterocycles. The van der Waals surface area contributed by atoms with Gasteiger partial charge in [-0.1, -0.05) is 29.8 Å². The molecule has 0 saturated heterocycles. The number of halogens is 6. The van der Waals surface area contributed by atoms with Gasteiger partial charge in [0.2, 0.25) is 0 Å². The van der Waals surface area contributed by atoms with E-state index in [1.807, 2.05) is 0 Å². The van der Waals surface area contributed by atoms with Gasteiger partial charge in [0.15, 0.2) is 27.2 Å². The molecule has 224 valence electrons. The number of imidazole rings is 1. The third kappa shape index (κ3) is 6.27. The molecule has 3 aromatic carbocycles. The minimum Gasteiger partial charge on any atom is -0.440 e. The van der Waals surface area contributed by atoms with E-state index in [0.717, 1.165) is 12.5 Å². The number of hydrogen-bond donors (Lipinski definition) is 0. The van der Waals surface area contributed by atoms with Crippen molar-refractivity contribution in [3.05, 3.63) is 89.3 Å². The molecule has 2 heterocycles. The van der Waals surface area contributed by atoms with Gasteiger partial charge in [-0.05, 0) is 60.5 Å². The fourth-order valence-electron chi connectivity index (χ4n) is 4.52. The van der Waals surface area contributed by atoms with Crippen molar-refractivity contribution in [1.29, 1.82) is 0 Å². The average Bonchev–Trinajstić information content (AvgIpc) is 3.50. The van der Waals surface area contributed by atoms with Crippen LogP contribution in [-0.2, 0) is 16.0 Å². The predicted octanol–water partition coefficient (Wildman–Crippen LogP) is 8.16. The summed E-state index contributed by atoms with van der Waals surface area (Å²) in [6.07, 6.45) is -2.77. The molecule has 0 aliphatic rings. The molecule has 5 aromatic rings. The lowest BCUT2D eigenvalue weighted by molar-refractivity contribution is -0.141. The van der Waals surface area contributed by atoms with Gasteiger partial charge in [-0.2, -0.15) is 22.0 Å². The van der Waals surface area contributed by atoms with Crippen LogP contribution in [0.3, 0.4) is 0 Å². The van der Waals surface area contributed by atoms with Gasteiger partial charge in [-0.15, -0.1) is 0 Å². The van der Waals surface area contributed by atoms with Crippen LogP contribution in [0.15, 0.2) is 76.2 Å². The zero-order valence-corrected chi connectivity index (χ0v) is 24.2. The quantitative estimate of drug-likeness (QED) is 0.167. The van der Waals surface area contributed by atoms with E-state index in [1.54, 1.807) is 37.3 Å². The number of rotatable bonds is 7. The summed E-state index contributed by atoms with van der Waals surface area (Å²) in [5.41, 5.74) is 0.931. The van der Waals surface area contributed by atoms with Gasteiger partial charge < -0.3 is 13.7 Å². The number of nitrogens with zero attached hydrogens (tertiary/aromatic N) is 3. The van der Waals surface area contributed by atoms with Crippen molar-refractivity contribution < 1.29 is 39.5 Å². The second-order valence-electron chi connectivity index (χ2n) is 9.50. The lowest BCUT2D eigenvalue weighted by Gasteiger charge is -2.15. The van der Waals surface area contributed by atoms with E-state index in [9.17, 15) is 30.4 Å². The van der Waals surface area contributed by atoms with Crippen molar-refractivity contribution in [3.63, 3.8) is 0 Å². The molecule has 0 saturated carbocycles. The van der Waals surface area contributed by atoms with Crippen molar-refractivity contribution in [1.82, 2.24) is 14.5 Å². The minimum atomic E-state index is -4.70. The monoisotopic (exact) mass is 637 g/mol. The van der Waals surface area contributed by atoms with Crippen LogP contribution < -0.4 is 4.74 Å². The SMILES string of the molecule is Cc1nc(-c2cc(-c3cccc(S(C)(=O)=O)c3)ccc2-n2cc(C(F)(F)F)nc2C)c(-c2ccc(OC(F)F)cc2Cl)o1. The Bertz CT molecular complexity index is 1950. The van der Waals surface area contributed by atoms with Gasteiger partial charge in [0.25, 0.3) is 0 Å². The predicted molar refractivity (Wildman–Crippen MR) is 149 cm³/mol. The van der Waals surface area contributed by atoms with E-state index in [2.05, 4.69) is 14.7 Å². The molecule has 0 radical (unpaired) electrons. The van der Waals surface area contributed by atoms with E-state index in [0.29, 0.717) is 16.7 Å². The first-order chi connectivity index (χ1) is 20.1. The summed E-state index contributed by atoms with van der Waals surface area (Å²) in [6.45, 7) is -0.106. The Hall–Kier alpha value is -4.23. The van der Waals surface area contributed by atoms with Crippen LogP contribution >= 0.6 is 11.6 Å². The van der Waals surface area contributed by atoms with Gasteiger partial charge in [0, 0.05) is 30.5 Å². The highest BCUT2D eigenvalue weighted by atomic mass is 35.5. The maximum Gasteiger partial charge on any atom is 0.434 e. The highest BCUT2D eigenvalue weighted by Gasteiger charge is 2.35. The van der Waals surface area contributed by atoms with E-state index in [-0.39, 0.29) is 50.1 Å². The molecular formula is C29H21ClF5N3O4S. The smallest absolute Gasteiger partial charge is 0.434 e. The second-order valence-corrected chi connectivity index (χ2v) is 11.9. The standard InChI is InChI=1S/C29H21ClF5N3O4S/c1-15-36-25(29(33,34)35)14-38(15)24-10-7-18(17-5-4-6-20(11-17)43(3,39)40)12-22(24)26-27(41-16(2)37-26)21-9-8-19(13-23(21)30)42-28(31)32/h4-14,28H,1-3H3. The van der Waals surface area contributed by atoms with Gasteiger partial charge in [-0.25, -0.2) is 18.4 Å². The average molecular weight is 638 g/mol. The first-order valence-electron chi connectivity index (χ1n) is 12.4. The van der Waals surface area contributed by atoms with Crippen molar-refractivity contribution >= 4 is 21.4 Å². The second kappa shape index (κ2) is 11.1. The Kier molecular flexibility index (Phi) is 7.82. The number of oxazole rings is 1. The summed E-state index contributed by atoms with van der Waals surface area (Å²) in [4.78, 5) is 8.26. The molecule has 0 spiro atoms. The summed E-state index contributed by atoms with van der Waals surface area (Å²) in [5, 5.41) is -0.00715. The molecule has 7 nitrogen and oxygen atoms in total. The number of benzene rings is 3. The van der Waals surface area contributed by atoms with Crippen molar-refractivity contribution in [2.24, 2.45) is 0 Å². The molecule has 43 heavy (non-hydrogen) atoms. The first-order valence-corrected chi connectivity index (χ1v) is 14.7. The van der Waals surface area contributed by atoms with Crippen molar-refractivity contribution in [2.75, 3.05) is 6.26 Å². The lowest BCUT2D eigenvalue weighted by Crippen LogP contribution is -2.05. The van der Waals surface area contributed by atoms with E-state index >= 15 is 0 Å². The molecule has 0 amide bonds. The molecule has 0 N–H and O–H groups in total. The van der Waals surface area contributed by atoms with Crippen LogP contribution in [0.4, 0.5) is 22.0 Å². The fourth-order valence-corrected chi connectivity index (χ4v) is 5.45. The largest absolute Gasteiger partial charge is 0.440 e. The summed E-state index contributed by atoms with van der Waals surface area (Å²) >= 11 is 6.43. The number of hydrogen-bond acceptors (Lipinski definition) is 6. The number of alkyl halides is 5. The zero-order chi connectivity index (χ0) is 31.3. The van der Waals surface area contributed by atoms with Crippen molar-refractivity contribution in [3.8, 4) is 45.1 Å². The molecule has 0 atom stereocenters. The number of aromatic nitrogens is 3. The van der Waals surface area contributed by atoms with Gasteiger partial charge in [-0.3, -0.25) is 0 Å². The topological polar surface area (TPSA) is 87.2 Å². The van der Waals surface area contributed by atoms with E-state index in [4.69, 9.17) is 16.0 Å². The van der Waals surface area contributed by atoms with Gasteiger partial charge in [0.05, 0.1) is 15.6 Å². The Morgan fingerprint density at radius 2 is 1.67 bits per heavy atom. The van der Waals surface area contributed by atoms with Crippen LogP contribution in [0.5, 0.6) is 5.75 Å². The van der Waals surface area contributed by atoms with Gasteiger partial charge in [0.1, 0.15) is 17.3 Å². The van der Waals surface area contributed by atoms with Crippen LogP contribution in [0.25, 0.3) is 39.4 Å². The summed E-state index contributed by atoms with van der Waals surface area (Å²) in [5.74, 6) is 0.142. The maximum absolute atomic E-state index is 13.6. The third-order valence-corrected chi connectivity index (χ3v) is 7.85. The Balaban J connectivity index is 1.75. The van der Waals surface area contributed by atoms with Crippen LogP contribution in [0.2, 0.25) is 5.02 Å². The number of sulfone groups is 1. The highest BCUT2D eigenvalue weighted by molar-refractivity contribution is 7.90. The molecular weight excluding hydrogens is 617 g/mol. The van der Waals surface area contributed by atoms with E-state index < -0.39 is 28.3 Å². The molecule has 0 aliphatic carbocycles. The number of aryl methyl sites for hydroxylation is 2. The summed E-state index contributed by atoms with van der Waals surface area (Å²) < 4.78 is 102. The van der Waals surface area contributed by atoms with E-state index in [1.165, 1.54) is 41.8 Å². The van der Waals surface area contributed by atoms with Crippen LogP contribution in [0.1, 0.15) is 17.4 Å². The molecule has 0 bridgehead atoms. The Morgan fingerprint density at radius 3 is 2.30 bits per heavy atom. The van der Waals surface area contributed by atoms with Crippen LogP contribution in [-0.4, -0.2) is 35.8 Å². The van der Waals surface area contributed by atoms with Crippen LogP contribution in [0, 0.1) is 13.8 Å². The third-order valence-electron chi connectivity index (χ3n) is 6.42.